The number of ether oxygens (including phenoxy) is 3. The number of hydrogen-bond donors (Lipinski definition) is 1. The lowest BCUT2D eigenvalue weighted by Gasteiger charge is -2.30. The molecule has 2 atom stereocenters. The van der Waals surface area contributed by atoms with E-state index in [0.29, 0.717) is 35.9 Å². The van der Waals surface area contributed by atoms with Gasteiger partial charge in [0.1, 0.15) is 16.9 Å². The third-order valence-electron chi connectivity index (χ3n) is 4.54. The summed E-state index contributed by atoms with van der Waals surface area (Å²) in [6.07, 6.45) is 2.19. The van der Waals surface area contributed by atoms with E-state index in [4.69, 9.17) is 14.2 Å². The van der Waals surface area contributed by atoms with Crippen molar-refractivity contribution in [2.75, 3.05) is 18.5 Å². The first kappa shape index (κ1) is 25.0. The fourth-order valence-corrected chi connectivity index (χ4v) is 2.97. The molecule has 1 aromatic rings. The largest absolute Gasteiger partial charge is 0.490 e. The van der Waals surface area contributed by atoms with Crippen molar-refractivity contribution in [2.45, 2.75) is 79.4 Å². The van der Waals surface area contributed by atoms with Gasteiger partial charge in [-0.15, -0.1) is 0 Å². The number of benzene rings is 1. The van der Waals surface area contributed by atoms with Crippen LogP contribution in [0.5, 0.6) is 5.75 Å². The number of hydrogen-bond acceptors (Lipinski definition) is 5. The molecule has 0 unspecified atom stereocenters. The Hall–Kier alpha value is -2.08. The molecule has 0 aliphatic carbocycles. The third kappa shape index (κ3) is 7.69. The van der Waals surface area contributed by atoms with Crippen LogP contribution in [0.1, 0.15) is 78.1 Å². The van der Waals surface area contributed by atoms with Crippen molar-refractivity contribution in [1.29, 1.82) is 0 Å². The van der Waals surface area contributed by atoms with Gasteiger partial charge in [0.15, 0.2) is 0 Å². The SMILES string of the molecule is CCCO[C@](C)(CC(C)C)C(=O)Nc1ccc(O[C@@H](C)CC)c(C(=O)OCC)c1. The van der Waals surface area contributed by atoms with Crippen LogP contribution in [0.2, 0.25) is 0 Å². The summed E-state index contributed by atoms with van der Waals surface area (Å²) in [6, 6.07) is 5.03. The van der Waals surface area contributed by atoms with E-state index < -0.39 is 11.6 Å². The van der Waals surface area contributed by atoms with Crippen LogP contribution in [0.15, 0.2) is 18.2 Å². The summed E-state index contributed by atoms with van der Waals surface area (Å²) < 4.78 is 16.9. The number of esters is 1. The summed E-state index contributed by atoms with van der Waals surface area (Å²) in [7, 11) is 0. The summed E-state index contributed by atoms with van der Waals surface area (Å²) in [5, 5.41) is 2.90. The normalized spacial score (nSPS) is 14.2. The number of carbonyl (C=O) groups excluding carboxylic acids is 2. The van der Waals surface area contributed by atoms with Crippen molar-refractivity contribution in [2.24, 2.45) is 5.92 Å². The van der Waals surface area contributed by atoms with E-state index in [1.54, 1.807) is 25.1 Å². The molecular formula is C23H37NO5. The Labute approximate surface area is 175 Å². The molecule has 0 aliphatic rings. The van der Waals surface area contributed by atoms with Crippen LogP contribution in [0.25, 0.3) is 0 Å². The molecule has 0 fully saturated rings. The van der Waals surface area contributed by atoms with E-state index in [0.717, 1.165) is 12.8 Å². The van der Waals surface area contributed by atoms with Crippen molar-refractivity contribution in [3.05, 3.63) is 23.8 Å². The molecule has 1 rings (SSSR count). The fraction of sp³-hybridized carbons (Fsp3) is 0.652. The molecule has 0 aromatic heterocycles. The quantitative estimate of drug-likeness (QED) is 0.481. The predicted molar refractivity (Wildman–Crippen MR) is 116 cm³/mol. The highest BCUT2D eigenvalue weighted by Gasteiger charge is 2.35. The van der Waals surface area contributed by atoms with Crippen LogP contribution >= 0.6 is 0 Å². The summed E-state index contributed by atoms with van der Waals surface area (Å²) in [4.78, 5) is 25.4. The monoisotopic (exact) mass is 407 g/mol. The first-order valence-electron chi connectivity index (χ1n) is 10.6. The molecule has 1 amide bonds. The van der Waals surface area contributed by atoms with E-state index in [9.17, 15) is 9.59 Å². The lowest BCUT2D eigenvalue weighted by atomic mass is 9.93. The Bertz CT molecular complexity index is 673. The number of anilines is 1. The lowest BCUT2D eigenvalue weighted by molar-refractivity contribution is -0.141. The van der Waals surface area contributed by atoms with Crippen molar-refractivity contribution >= 4 is 17.6 Å². The van der Waals surface area contributed by atoms with Crippen LogP contribution in [-0.4, -0.2) is 36.8 Å². The molecule has 0 saturated carbocycles. The maximum Gasteiger partial charge on any atom is 0.341 e. The zero-order valence-electron chi connectivity index (χ0n) is 19.0. The first-order chi connectivity index (χ1) is 13.7. The zero-order chi connectivity index (χ0) is 22.0. The van der Waals surface area contributed by atoms with Gasteiger partial charge in [-0.05, 0) is 64.2 Å². The highest BCUT2D eigenvalue weighted by atomic mass is 16.5. The molecule has 0 spiro atoms. The highest BCUT2D eigenvalue weighted by molar-refractivity contribution is 5.99. The van der Waals surface area contributed by atoms with Gasteiger partial charge < -0.3 is 19.5 Å². The minimum atomic E-state index is -0.944. The minimum Gasteiger partial charge on any atom is -0.490 e. The van der Waals surface area contributed by atoms with Crippen LogP contribution in [-0.2, 0) is 14.3 Å². The van der Waals surface area contributed by atoms with Crippen molar-refractivity contribution in [1.82, 2.24) is 0 Å². The Morgan fingerprint density at radius 2 is 1.83 bits per heavy atom. The fourth-order valence-electron chi connectivity index (χ4n) is 2.97. The van der Waals surface area contributed by atoms with E-state index in [1.165, 1.54) is 0 Å². The molecule has 0 saturated heterocycles. The van der Waals surface area contributed by atoms with Gasteiger partial charge in [0, 0.05) is 12.3 Å². The molecule has 0 bridgehead atoms. The Morgan fingerprint density at radius 1 is 1.14 bits per heavy atom. The summed E-state index contributed by atoms with van der Waals surface area (Å²) in [5.41, 5.74) is -0.144. The number of nitrogens with one attached hydrogen (secondary N) is 1. The maximum absolute atomic E-state index is 13.0. The third-order valence-corrected chi connectivity index (χ3v) is 4.54. The van der Waals surface area contributed by atoms with E-state index >= 15 is 0 Å². The maximum atomic E-state index is 13.0. The van der Waals surface area contributed by atoms with Gasteiger partial charge in [-0.1, -0.05) is 27.7 Å². The van der Waals surface area contributed by atoms with Crippen molar-refractivity contribution in [3.8, 4) is 5.75 Å². The average molecular weight is 408 g/mol. The van der Waals surface area contributed by atoms with Gasteiger partial charge in [0.05, 0.1) is 12.7 Å². The highest BCUT2D eigenvalue weighted by Crippen LogP contribution is 2.28. The molecule has 1 aromatic carbocycles. The number of carbonyl (C=O) groups is 2. The van der Waals surface area contributed by atoms with Crippen LogP contribution in [0.3, 0.4) is 0 Å². The van der Waals surface area contributed by atoms with Crippen LogP contribution < -0.4 is 10.1 Å². The van der Waals surface area contributed by atoms with Crippen LogP contribution in [0, 0.1) is 5.92 Å². The topological polar surface area (TPSA) is 73.9 Å². The second kappa shape index (κ2) is 11.8. The number of amides is 1. The Morgan fingerprint density at radius 3 is 2.38 bits per heavy atom. The average Bonchev–Trinajstić information content (AvgIpc) is 2.66. The molecule has 0 aliphatic heterocycles. The molecule has 1 N–H and O–H groups in total. The Kier molecular flexibility index (Phi) is 10.2. The van der Waals surface area contributed by atoms with Gasteiger partial charge in [0.2, 0.25) is 0 Å². The second-order valence-corrected chi connectivity index (χ2v) is 7.90. The summed E-state index contributed by atoms with van der Waals surface area (Å²) in [5.74, 6) is 0.0334. The molecule has 0 radical (unpaired) electrons. The van der Waals surface area contributed by atoms with Gasteiger partial charge in [-0.3, -0.25) is 4.79 Å². The minimum absolute atomic E-state index is 0.0413. The zero-order valence-corrected chi connectivity index (χ0v) is 19.0. The Balaban J connectivity index is 3.14. The van der Waals surface area contributed by atoms with Crippen molar-refractivity contribution in [3.63, 3.8) is 0 Å². The number of rotatable bonds is 12. The van der Waals surface area contributed by atoms with Gasteiger partial charge in [-0.2, -0.15) is 0 Å². The first-order valence-corrected chi connectivity index (χ1v) is 10.6. The predicted octanol–water partition coefficient (Wildman–Crippen LogP) is 5.21. The molecule has 0 heterocycles. The van der Waals surface area contributed by atoms with Crippen LogP contribution in [0.4, 0.5) is 5.69 Å². The molecule has 6 heteroatoms. The van der Waals surface area contributed by atoms with E-state index in [1.807, 2.05) is 27.7 Å². The van der Waals surface area contributed by atoms with Gasteiger partial charge >= 0.3 is 5.97 Å². The van der Waals surface area contributed by atoms with E-state index in [2.05, 4.69) is 19.2 Å². The van der Waals surface area contributed by atoms with Gasteiger partial charge in [0.25, 0.3) is 5.91 Å². The molecule has 164 valence electrons. The smallest absolute Gasteiger partial charge is 0.341 e. The molecule has 29 heavy (non-hydrogen) atoms. The van der Waals surface area contributed by atoms with Crippen molar-refractivity contribution < 1.29 is 23.8 Å². The standard InChI is InChI=1S/C23H37NO5/c1-8-13-28-23(7,15-16(4)5)22(26)24-18-11-12-20(29-17(6)9-2)19(14-18)21(25)27-10-3/h11-12,14,16-17H,8-10,13,15H2,1-7H3,(H,24,26)/t17-,23+/m0/s1. The molecule has 6 nitrogen and oxygen atoms in total. The lowest BCUT2D eigenvalue weighted by Crippen LogP contribution is -2.44. The second-order valence-electron chi connectivity index (χ2n) is 7.90. The summed E-state index contributed by atoms with van der Waals surface area (Å²) >= 11 is 0. The van der Waals surface area contributed by atoms with E-state index in [-0.39, 0.29) is 18.6 Å². The summed E-state index contributed by atoms with van der Waals surface area (Å²) in [6.45, 7) is 14.4. The molecular weight excluding hydrogens is 370 g/mol. The van der Waals surface area contributed by atoms with Gasteiger partial charge in [-0.25, -0.2) is 4.79 Å².